The number of rotatable bonds is 2. The van der Waals surface area contributed by atoms with Gasteiger partial charge in [-0.1, -0.05) is 18.2 Å². The van der Waals surface area contributed by atoms with Crippen LogP contribution in [-0.2, 0) is 0 Å². The molecule has 0 fully saturated rings. The van der Waals surface area contributed by atoms with Gasteiger partial charge >= 0.3 is 6.03 Å². The minimum Gasteiger partial charge on any atom is -0.307 e. The van der Waals surface area contributed by atoms with Crippen LogP contribution in [-0.4, -0.2) is 10.6 Å². The van der Waals surface area contributed by atoms with Crippen molar-refractivity contribution < 1.29 is 4.79 Å². The maximum Gasteiger partial charge on any atom is 0.329 e. The van der Waals surface area contributed by atoms with Gasteiger partial charge in [0.25, 0.3) is 0 Å². The summed E-state index contributed by atoms with van der Waals surface area (Å²) in [5, 5.41) is 2.86. The molecule has 0 bridgehead atoms. The second-order valence-electron chi connectivity index (χ2n) is 3.54. The Balaban J connectivity index is 2.24. The summed E-state index contributed by atoms with van der Waals surface area (Å²) in [7, 11) is 0. The van der Waals surface area contributed by atoms with Crippen LogP contribution in [0, 0.1) is 0 Å². The molecule has 0 atom stereocenters. The number of amides is 1. The summed E-state index contributed by atoms with van der Waals surface area (Å²) in [5.74, 6) is 0. The summed E-state index contributed by atoms with van der Waals surface area (Å²) in [6.07, 6.45) is 5.29. The number of para-hydroxylation sites is 1. The van der Waals surface area contributed by atoms with E-state index in [1.807, 2.05) is 30.3 Å². The number of aromatic nitrogens is 1. The molecule has 1 heterocycles. The molecular weight excluding hydrogens is 360 g/mol. The third-order valence-corrected chi connectivity index (χ3v) is 2.76. The minimum absolute atomic E-state index is 0.188. The normalized spacial score (nSPS) is 9.89. The standard InChI is InChI=1S/C13H10Br2N2O/c14-12(15)9-10-5-1-2-6-11(10)16-13(18)17-7-3-4-8-17/h1-9H,(H,16,18). The van der Waals surface area contributed by atoms with Gasteiger partial charge in [0.15, 0.2) is 0 Å². The molecule has 92 valence electrons. The molecule has 18 heavy (non-hydrogen) atoms. The Morgan fingerprint density at radius 2 is 1.78 bits per heavy atom. The Morgan fingerprint density at radius 1 is 1.11 bits per heavy atom. The third-order valence-electron chi connectivity index (χ3n) is 2.31. The molecule has 3 nitrogen and oxygen atoms in total. The second-order valence-corrected chi connectivity index (χ2v) is 6.31. The maximum atomic E-state index is 11.9. The van der Waals surface area contributed by atoms with Crippen LogP contribution >= 0.6 is 31.9 Å². The van der Waals surface area contributed by atoms with E-state index in [1.54, 1.807) is 24.5 Å². The van der Waals surface area contributed by atoms with E-state index in [0.717, 1.165) is 14.6 Å². The van der Waals surface area contributed by atoms with E-state index >= 15 is 0 Å². The lowest BCUT2D eigenvalue weighted by Crippen LogP contribution is -2.18. The number of hydrogen-bond acceptors (Lipinski definition) is 1. The van der Waals surface area contributed by atoms with Crippen molar-refractivity contribution in [2.45, 2.75) is 0 Å². The molecule has 0 unspecified atom stereocenters. The van der Waals surface area contributed by atoms with E-state index in [1.165, 1.54) is 4.57 Å². The molecule has 0 saturated carbocycles. The summed E-state index contributed by atoms with van der Waals surface area (Å²) in [6, 6.07) is 11.0. The summed E-state index contributed by atoms with van der Waals surface area (Å²) in [5.41, 5.74) is 1.68. The first-order valence-electron chi connectivity index (χ1n) is 5.23. The molecule has 1 aromatic carbocycles. The zero-order valence-electron chi connectivity index (χ0n) is 9.31. The van der Waals surface area contributed by atoms with Gasteiger partial charge in [-0.15, -0.1) is 0 Å². The van der Waals surface area contributed by atoms with E-state index in [4.69, 9.17) is 0 Å². The molecule has 2 aromatic rings. The van der Waals surface area contributed by atoms with Crippen LogP contribution in [0.3, 0.4) is 0 Å². The first-order valence-corrected chi connectivity index (χ1v) is 6.81. The van der Waals surface area contributed by atoms with Crippen LogP contribution < -0.4 is 5.32 Å². The minimum atomic E-state index is -0.188. The molecule has 0 radical (unpaired) electrons. The lowest BCUT2D eigenvalue weighted by atomic mass is 10.2. The highest BCUT2D eigenvalue weighted by molar-refractivity contribution is 9.28. The first-order chi connectivity index (χ1) is 8.66. The number of carbonyl (C=O) groups is 1. The van der Waals surface area contributed by atoms with Gasteiger partial charge in [0.1, 0.15) is 0 Å². The molecule has 1 N–H and O–H groups in total. The zero-order valence-corrected chi connectivity index (χ0v) is 12.5. The van der Waals surface area contributed by atoms with Gasteiger partial charge in [0, 0.05) is 18.1 Å². The Kier molecular flexibility index (Phi) is 4.38. The van der Waals surface area contributed by atoms with Crippen LogP contribution in [0.25, 0.3) is 6.08 Å². The van der Waals surface area contributed by atoms with Gasteiger partial charge in [-0.25, -0.2) is 4.79 Å². The SMILES string of the molecule is O=C(Nc1ccccc1C=C(Br)Br)n1cccc1. The molecule has 0 aliphatic rings. The molecule has 0 spiro atoms. The average molecular weight is 370 g/mol. The van der Waals surface area contributed by atoms with Gasteiger partial charge in [-0.2, -0.15) is 0 Å². The van der Waals surface area contributed by atoms with Gasteiger partial charge < -0.3 is 5.32 Å². The lowest BCUT2D eigenvalue weighted by Gasteiger charge is -2.08. The van der Waals surface area contributed by atoms with Crippen molar-refractivity contribution >= 4 is 49.7 Å². The Labute approximate surface area is 122 Å². The Hall–Kier alpha value is -1.33. The molecule has 1 aromatic heterocycles. The lowest BCUT2D eigenvalue weighted by molar-refractivity contribution is 0.253. The van der Waals surface area contributed by atoms with Crippen molar-refractivity contribution in [3.63, 3.8) is 0 Å². The number of nitrogens with zero attached hydrogens (tertiary/aromatic N) is 1. The van der Waals surface area contributed by atoms with Crippen LogP contribution in [0.15, 0.2) is 52.2 Å². The number of nitrogens with one attached hydrogen (secondary N) is 1. The predicted molar refractivity (Wildman–Crippen MR) is 81.1 cm³/mol. The number of carbonyl (C=O) groups excluding carboxylic acids is 1. The molecular formula is C13H10Br2N2O. The van der Waals surface area contributed by atoms with Gasteiger partial charge in [-0.3, -0.25) is 4.57 Å². The highest BCUT2D eigenvalue weighted by Crippen LogP contribution is 2.23. The van der Waals surface area contributed by atoms with E-state index in [-0.39, 0.29) is 6.03 Å². The van der Waals surface area contributed by atoms with Crippen molar-refractivity contribution in [3.8, 4) is 0 Å². The fourth-order valence-corrected chi connectivity index (χ4v) is 2.00. The zero-order chi connectivity index (χ0) is 13.0. The summed E-state index contributed by atoms with van der Waals surface area (Å²) in [4.78, 5) is 11.9. The number of benzene rings is 1. The highest BCUT2D eigenvalue weighted by atomic mass is 79.9. The largest absolute Gasteiger partial charge is 0.329 e. The van der Waals surface area contributed by atoms with Crippen LogP contribution in [0.2, 0.25) is 0 Å². The van der Waals surface area contributed by atoms with Crippen molar-refractivity contribution in [1.29, 1.82) is 0 Å². The number of halogens is 2. The topological polar surface area (TPSA) is 34.0 Å². The Bertz CT molecular complexity index is 572. The monoisotopic (exact) mass is 368 g/mol. The van der Waals surface area contributed by atoms with E-state index in [0.29, 0.717) is 0 Å². The van der Waals surface area contributed by atoms with Crippen molar-refractivity contribution in [2.24, 2.45) is 0 Å². The van der Waals surface area contributed by atoms with Crippen molar-refractivity contribution in [3.05, 3.63) is 57.7 Å². The number of hydrogen-bond donors (Lipinski definition) is 1. The van der Waals surface area contributed by atoms with Gasteiger partial charge in [-0.05, 0) is 61.7 Å². The Morgan fingerprint density at radius 3 is 2.44 bits per heavy atom. The number of anilines is 1. The van der Waals surface area contributed by atoms with E-state index in [9.17, 15) is 4.79 Å². The maximum absolute atomic E-state index is 11.9. The van der Waals surface area contributed by atoms with Crippen LogP contribution in [0.1, 0.15) is 5.56 Å². The van der Waals surface area contributed by atoms with Crippen LogP contribution in [0.4, 0.5) is 10.5 Å². The highest BCUT2D eigenvalue weighted by Gasteiger charge is 2.06. The molecule has 1 amide bonds. The summed E-state index contributed by atoms with van der Waals surface area (Å²) in [6.45, 7) is 0. The summed E-state index contributed by atoms with van der Waals surface area (Å²) < 4.78 is 2.31. The van der Waals surface area contributed by atoms with Crippen LogP contribution in [0.5, 0.6) is 0 Å². The first kappa shape index (κ1) is 13.1. The van der Waals surface area contributed by atoms with E-state index in [2.05, 4.69) is 37.2 Å². The predicted octanol–water partition coefficient (Wildman–Crippen LogP) is 4.66. The quantitative estimate of drug-likeness (QED) is 0.820. The average Bonchev–Trinajstić information content (AvgIpc) is 2.84. The second kappa shape index (κ2) is 6.02. The molecule has 2 rings (SSSR count). The smallest absolute Gasteiger partial charge is 0.307 e. The van der Waals surface area contributed by atoms with Gasteiger partial charge in [0.2, 0.25) is 0 Å². The third kappa shape index (κ3) is 3.34. The van der Waals surface area contributed by atoms with Gasteiger partial charge in [0.05, 0.1) is 3.39 Å². The molecule has 5 heteroatoms. The molecule has 0 aliphatic heterocycles. The fraction of sp³-hybridized carbons (Fsp3) is 0. The molecule has 0 aliphatic carbocycles. The van der Waals surface area contributed by atoms with Crippen molar-refractivity contribution in [2.75, 3.05) is 5.32 Å². The fourth-order valence-electron chi connectivity index (χ4n) is 1.50. The molecule has 0 saturated heterocycles. The van der Waals surface area contributed by atoms with Crippen molar-refractivity contribution in [1.82, 2.24) is 4.57 Å². The van der Waals surface area contributed by atoms with E-state index < -0.39 is 0 Å². The summed E-state index contributed by atoms with van der Waals surface area (Å²) >= 11 is 6.62.